The van der Waals surface area contributed by atoms with Gasteiger partial charge >= 0.3 is 0 Å². The number of likely N-dealkylation sites (tertiary alicyclic amines) is 2. The highest BCUT2D eigenvalue weighted by Gasteiger charge is 2.46. The molecule has 0 aromatic heterocycles. The summed E-state index contributed by atoms with van der Waals surface area (Å²) in [5.74, 6) is -0.717. The van der Waals surface area contributed by atoms with Crippen LogP contribution in [0.4, 0.5) is 0 Å². The van der Waals surface area contributed by atoms with E-state index in [4.69, 9.17) is 0 Å². The fourth-order valence-corrected chi connectivity index (χ4v) is 6.55. The van der Waals surface area contributed by atoms with E-state index in [1.165, 1.54) is 31.4 Å². The van der Waals surface area contributed by atoms with Gasteiger partial charge in [0.2, 0.25) is 11.8 Å². The van der Waals surface area contributed by atoms with Crippen molar-refractivity contribution >= 4 is 21.8 Å². The van der Waals surface area contributed by atoms with Crippen LogP contribution in [0.3, 0.4) is 0 Å². The lowest BCUT2D eigenvalue weighted by Crippen LogP contribution is -2.53. The Morgan fingerprint density at radius 1 is 0.933 bits per heavy atom. The fourth-order valence-electron chi connectivity index (χ4n) is 4.96. The van der Waals surface area contributed by atoms with Gasteiger partial charge in [-0.05, 0) is 64.3 Å². The average Bonchev–Trinajstić information content (AvgIpc) is 3.16. The second-order valence-corrected chi connectivity index (χ2v) is 10.5. The summed E-state index contributed by atoms with van der Waals surface area (Å²) in [6.07, 6.45) is 5.97. The third-order valence-electron chi connectivity index (χ3n) is 6.71. The molecule has 0 bridgehead atoms. The van der Waals surface area contributed by atoms with Gasteiger partial charge in [0.1, 0.15) is 6.04 Å². The molecule has 3 aliphatic heterocycles. The van der Waals surface area contributed by atoms with Gasteiger partial charge in [-0.2, -0.15) is 0 Å². The molecule has 4 rings (SSSR count). The Hall–Kier alpha value is -1.93. The second kappa shape index (κ2) is 8.67. The number of sulfonamides is 1. The Morgan fingerprint density at radius 2 is 1.57 bits per heavy atom. The molecule has 3 saturated heterocycles. The summed E-state index contributed by atoms with van der Waals surface area (Å²) in [5, 5.41) is 0. The van der Waals surface area contributed by atoms with Crippen LogP contribution in [0.2, 0.25) is 0 Å². The Morgan fingerprint density at radius 3 is 2.20 bits per heavy atom. The molecule has 0 saturated carbocycles. The van der Waals surface area contributed by atoms with Crippen LogP contribution in [0.15, 0.2) is 29.2 Å². The van der Waals surface area contributed by atoms with Crippen molar-refractivity contribution in [2.45, 2.75) is 68.8 Å². The van der Waals surface area contributed by atoms with Crippen molar-refractivity contribution in [2.75, 3.05) is 26.2 Å². The predicted molar refractivity (Wildman–Crippen MR) is 113 cm³/mol. The highest BCUT2D eigenvalue weighted by atomic mass is 32.2. The molecule has 0 unspecified atom stereocenters. The first kappa shape index (κ1) is 21.3. The fraction of sp³-hybridized carbons (Fsp3) is 0.636. The van der Waals surface area contributed by atoms with E-state index in [-0.39, 0.29) is 23.6 Å². The quantitative estimate of drug-likeness (QED) is 0.727. The number of benzene rings is 1. The van der Waals surface area contributed by atoms with E-state index in [1.807, 2.05) is 6.92 Å². The molecule has 3 aliphatic rings. The molecule has 1 aromatic rings. The molecule has 0 spiro atoms. The number of carbonyl (C=O) groups excluding carboxylic acids is 2. The Kier molecular flexibility index (Phi) is 6.16. The first-order valence-corrected chi connectivity index (χ1v) is 12.5. The van der Waals surface area contributed by atoms with Gasteiger partial charge in [-0.1, -0.05) is 24.1 Å². The summed E-state index contributed by atoms with van der Waals surface area (Å²) in [6, 6.07) is 6.00. The van der Waals surface area contributed by atoms with E-state index >= 15 is 0 Å². The van der Waals surface area contributed by atoms with Crippen LogP contribution in [0, 0.1) is 6.92 Å². The van der Waals surface area contributed by atoms with Crippen LogP contribution in [0.5, 0.6) is 0 Å². The van der Waals surface area contributed by atoms with Gasteiger partial charge in [0, 0.05) is 25.6 Å². The summed E-state index contributed by atoms with van der Waals surface area (Å²) in [5.41, 5.74) is 0.936. The minimum atomic E-state index is -4.04. The topological polar surface area (TPSA) is 78.0 Å². The molecule has 3 heterocycles. The highest BCUT2D eigenvalue weighted by molar-refractivity contribution is 7.89. The molecule has 2 amide bonds. The van der Waals surface area contributed by atoms with Gasteiger partial charge in [0.05, 0.1) is 4.90 Å². The third kappa shape index (κ3) is 4.12. The normalized spacial score (nSPS) is 24.4. The summed E-state index contributed by atoms with van der Waals surface area (Å²) in [7, 11) is -4.04. The molecule has 0 N–H and O–H groups in total. The maximum absolute atomic E-state index is 13.2. The van der Waals surface area contributed by atoms with E-state index in [0.29, 0.717) is 19.1 Å². The standard InChI is InChI=1S/C22H31N3O4S/c1-17-5-7-19(8-6-17)30(28,29)25-20(9-10-21(25)26)22(27)24-15-11-18(12-16-24)23-13-3-2-4-14-23/h5-8,18,20H,2-4,9-16H2,1H3/t20-/m1/s1. The van der Waals surface area contributed by atoms with Gasteiger partial charge in [-0.25, -0.2) is 12.7 Å². The second-order valence-electron chi connectivity index (χ2n) is 8.72. The number of aryl methyl sites for hydroxylation is 1. The van der Waals surface area contributed by atoms with Crippen LogP contribution >= 0.6 is 0 Å². The van der Waals surface area contributed by atoms with E-state index < -0.39 is 22.0 Å². The first-order valence-electron chi connectivity index (χ1n) is 11.0. The molecule has 7 nitrogen and oxygen atoms in total. The van der Waals surface area contributed by atoms with Crippen molar-refractivity contribution < 1.29 is 18.0 Å². The number of amides is 2. The minimum Gasteiger partial charge on any atom is -0.341 e. The SMILES string of the molecule is Cc1ccc(S(=O)(=O)N2C(=O)CC[C@@H]2C(=O)N2CCC(N3CCCCC3)CC2)cc1. The van der Waals surface area contributed by atoms with Crippen molar-refractivity contribution in [2.24, 2.45) is 0 Å². The molecule has 1 aromatic carbocycles. The minimum absolute atomic E-state index is 0.0601. The largest absolute Gasteiger partial charge is 0.341 e. The molecular weight excluding hydrogens is 402 g/mol. The van der Waals surface area contributed by atoms with Crippen LogP contribution in [-0.4, -0.2) is 72.6 Å². The Labute approximate surface area is 179 Å². The van der Waals surface area contributed by atoms with Crippen LogP contribution in [0.25, 0.3) is 0 Å². The third-order valence-corrected chi connectivity index (χ3v) is 8.55. The van der Waals surface area contributed by atoms with Crippen molar-refractivity contribution in [1.29, 1.82) is 0 Å². The summed E-state index contributed by atoms with van der Waals surface area (Å²) in [4.78, 5) is 30.1. The van der Waals surface area contributed by atoms with Crippen LogP contribution < -0.4 is 0 Å². The van der Waals surface area contributed by atoms with Gasteiger partial charge in [-0.15, -0.1) is 0 Å². The summed E-state index contributed by atoms with van der Waals surface area (Å²) in [6.45, 7) is 5.40. The molecule has 1 atom stereocenters. The summed E-state index contributed by atoms with van der Waals surface area (Å²) < 4.78 is 27.1. The number of hydrogen-bond donors (Lipinski definition) is 0. The highest BCUT2D eigenvalue weighted by Crippen LogP contribution is 2.30. The number of nitrogens with zero attached hydrogens (tertiary/aromatic N) is 3. The number of hydrogen-bond acceptors (Lipinski definition) is 5. The van der Waals surface area contributed by atoms with E-state index in [2.05, 4.69) is 4.90 Å². The van der Waals surface area contributed by atoms with Gasteiger partial charge in [-0.3, -0.25) is 9.59 Å². The number of carbonyl (C=O) groups is 2. The zero-order valence-corrected chi connectivity index (χ0v) is 18.4. The van der Waals surface area contributed by atoms with Gasteiger partial charge < -0.3 is 9.80 Å². The van der Waals surface area contributed by atoms with Crippen molar-refractivity contribution in [1.82, 2.24) is 14.1 Å². The average molecular weight is 434 g/mol. The van der Waals surface area contributed by atoms with Gasteiger partial charge in [0.15, 0.2) is 0 Å². The molecule has 8 heteroatoms. The molecule has 30 heavy (non-hydrogen) atoms. The van der Waals surface area contributed by atoms with Crippen LogP contribution in [0.1, 0.15) is 50.5 Å². The zero-order valence-electron chi connectivity index (χ0n) is 17.6. The molecular formula is C22H31N3O4S. The van der Waals surface area contributed by atoms with Crippen molar-refractivity contribution in [3.05, 3.63) is 29.8 Å². The maximum atomic E-state index is 13.2. The molecule has 0 radical (unpaired) electrons. The maximum Gasteiger partial charge on any atom is 0.267 e. The lowest BCUT2D eigenvalue weighted by molar-refractivity contribution is -0.139. The number of piperidine rings is 2. The molecule has 164 valence electrons. The van der Waals surface area contributed by atoms with Gasteiger partial charge in [0.25, 0.3) is 10.0 Å². The Balaban J connectivity index is 1.45. The molecule has 0 aliphatic carbocycles. The lowest BCUT2D eigenvalue weighted by atomic mass is 9.99. The van der Waals surface area contributed by atoms with E-state index in [9.17, 15) is 18.0 Å². The first-order chi connectivity index (χ1) is 14.4. The number of rotatable bonds is 4. The molecule has 3 fully saturated rings. The van der Waals surface area contributed by atoms with Crippen molar-refractivity contribution in [3.8, 4) is 0 Å². The van der Waals surface area contributed by atoms with E-state index in [0.717, 1.165) is 35.8 Å². The predicted octanol–water partition coefficient (Wildman–Crippen LogP) is 2.15. The van der Waals surface area contributed by atoms with Crippen LogP contribution in [-0.2, 0) is 19.6 Å². The smallest absolute Gasteiger partial charge is 0.267 e. The summed E-state index contributed by atoms with van der Waals surface area (Å²) >= 11 is 0. The lowest BCUT2D eigenvalue weighted by Gasteiger charge is -2.41. The Bertz CT molecular complexity index is 885. The monoisotopic (exact) mass is 433 g/mol. The van der Waals surface area contributed by atoms with E-state index in [1.54, 1.807) is 17.0 Å². The zero-order chi connectivity index (χ0) is 21.3. The van der Waals surface area contributed by atoms with Crippen molar-refractivity contribution in [3.63, 3.8) is 0 Å².